The molecule has 0 aliphatic rings. The summed E-state index contributed by atoms with van der Waals surface area (Å²) in [5.74, 6) is 1.69. The molecule has 3 aromatic rings. The molecule has 0 fully saturated rings. The van der Waals surface area contributed by atoms with E-state index in [4.69, 9.17) is 24.2 Å². The number of rotatable bonds is 9. The quantitative estimate of drug-likeness (QED) is 0.397. The van der Waals surface area contributed by atoms with Crippen LogP contribution in [-0.2, 0) is 4.79 Å². The maximum absolute atomic E-state index is 12.1. The molecule has 8 nitrogen and oxygen atoms in total. The van der Waals surface area contributed by atoms with E-state index < -0.39 is 5.91 Å². The summed E-state index contributed by atoms with van der Waals surface area (Å²) in [6.45, 7) is -0.198. The normalized spacial score (nSPS) is 10.4. The van der Waals surface area contributed by atoms with Gasteiger partial charge in [0.15, 0.2) is 18.1 Å². The van der Waals surface area contributed by atoms with E-state index in [0.29, 0.717) is 34.1 Å². The van der Waals surface area contributed by atoms with E-state index in [0.717, 1.165) is 11.1 Å². The monoisotopic (exact) mass is 445 g/mol. The summed E-state index contributed by atoms with van der Waals surface area (Å²) in [6.07, 6.45) is 1.45. The second-order valence-corrected chi connectivity index (χ2v) is 6.74. The summed E-state index contributed by atoms with van der Waals surface area (Å²) in [6, 6.07) is 20.1. The molecule has 0 unspecified atom stereocenters. The number of nitrogens with one attached hydrogen (secondary N) is 1. The van der Waals surface area contributed by atoms with Gasteiger partial charge in [-0.15, -0.1) is 0 Å². The van der Waals surface area contributed by atoms with Crippen molar-refractivity contribution in [2.24, 2.45) is 5.10 Å². The number of methoxy groups -OCH3 is 3. The van der Waals surface area contributed by atoms with Gasteiger partial charge in [0.05, 0.1) is 39.2 Å². The molecule has 168 valence electrons. The van der Waals surface area contributed by atoms with Gasteiger partial charge in [-0.05, 0) is 41.5 Å². The van der Waals surface area contributed by atoms with Crippen LogP contribution in [0.2, 0.25) is 0 Å². The number of nitrogens with zero attached hydrogens (tertiary/aromatic N) is 2. The smallest absolute Gasteiger partial charge is 0.277 e. The number of ether oxygens (including phenoxy) is 4. The second-order valence-electron chi connectivity index (χ2n) is 6.74. The van der Waals surface area contributed by atoms with Crippen LogP contribution in [0.5, 0.6) is 23.0 Å². The minimum Gasteiger partial charge on any atom is -0.496 e. The Bertz CT molecular complexity index is 1170. The van der Waals surface area contributed by atoms with Crippen LogP contribution in [0, 0.1) is 11.3 Å². The highest BCUT2D eigenvalue weighted by Crippen LogP contribution is 2.33. The van der Waals surface area contributed by atoms with Crippen molar-refractivity contribution in [3.05, 3.63) is 71.8 Å². The Morgan fingerprint density at radius 2 is 1.48 bits per heavy atom. The summed E-state index contributed by atoms with van der Waals surface area (Å²) >= 11 is 0. The first-order valence-corrected chi connectivity index (χ1v) is 9.93. The standard InChI is InChI=1S/C25H23N3O5/c1-30-22-13-24(32-3)23(31-2)12-20(22)15-27-28-25(29)16-33-21-10-8-19(9-11-21)18-6-4-17(14-26)5-7-18/h4-13,15H,16H2,1-3H3,(H,28,29)/b27-15+. The highest BCUT2D eigenvalue weighted by molar-refractivity contribution is 5.86. The number of hydrazone groups is 1. The molecule has 0 saturated carbocycles. The van der Waals surface area contributed by atoms with Gasteiger partial charge in [-0.1, -0.05) is 24.3 Å². The van der Waals surface area contributed by atoms with Crippen LogP contribution in [-0.4, -0.2) is 40.1 Å². The molecule has 33 heavy (non-hydrogen) atoms. The van der Waals surface area contributed by atoms with Crippen molar-refractivity contribution in [1.82, 2.24) is 5.43 Å². The molecule has 0 aliphatic carbocycles. The van der Waals surface area contributed by atoms with E-state index in [2.05, 4.69) is 16.6 Å². The summed E-state index contributed by atoms with van der Waals surface area (Å²) in [5, 5.41) is 12.8. The Morgan fingerprint density at radius 1 is 0.909 bits per heavy atom. The van der Waals surface area contributed by atoms with Gasteiger partial charge in [0.25, 0.3) is 5.91 Å². The summed E-state index contributed by atoms with van der Waals surface area (Å²) in [4.78, 5) is 12.1. The Balaban J connectivity index is 1.55. The van der Waals surface area contributed by atoms with Crippen LogP contribution in [0.1, 0.15) is 11.1 Å². The first-order chi connectivity index (χ1) is 16.1. The van der Waals surface area contributed by atoms with Gasteiger partial charge in [-0.3, -0.25) is 4.79 Å². The number of hydrogen-bond acceptors (Lipinski definition) is 7. The first kappa shape index (κ1) is 23.2. The predicted octanol–water partition coefficient (Wildman–Crippen LogP) is 3.78. The van der Waals surface area contributed by atoms with Crippen LogP contribution in [0.25, 0.3) is 11.1 Å². The summed E-state index contributed by atoms with van der Waals surface area (Å²) in [5.41, 5.74) is 5.59. The lowest BCUT2D eigenvalue weighted by molar-refractivity contribution is -0.123. The van der Waals surface area contributed by atoms with Crippen LogP contribution >= 0.6 is 0 Å². The van der Waals surface area contributed by atoms with E-state index in [1.807, 2.05) is 24.3 Å². The maximum Gasteiger partial charge on any atom is 0.277 e. The third kappa shape index (κ3) is 6.02. The van der Waals surface area contributed by atoms with E-state index in [1.54, 1.807) is 36.4 Å². The lowest BCUT2D eigenvalue weighted by Gasteiger charge is -2.11. The molecule has 0 bridgehead atoms. The molecule has 8 heteroatoms. The molecule has 3 rings (SSSR count). The van der Waals surface area contributed by atoms with Gasteiger partial charge in [-0.2, -0.15) is 10.4 Å². The van der Waals surface area contributed by atoms with Crippen LogP contribution in [0.3, 0.4) is 0 Å². The van der Waals surface area contributed by atoms with Crippen LogP contribution < -0.4 is 24.4 Å². The average molecular weight is 445 g/mol. The third-order valence-electron chi connectivity index (χ3n) is 4.70. The second kappa shape index (κ2) is 11.2. The van der Waals surface area contributed by atoms with Crippen LogP contribution in [0.15, 0.2) is 65.8 Å². The van der Waals surface area contributed by atoms with Gasteiger partial charge in [0.1, 0.15) is 11.5 Å². The number of carbonyl (C=O) groups is 1. The zero-order valence-corrected chi connectivity index (χ0v) is 18.5. The molecule has 0 radical (unpaired) electrons. The molecule has 1 amide bonds. The number of nitriles is 1. The number of hydrogen-bond donors (Lipinski definition) is 1. The molecular formula is C25H23N3O5. The van der Waals surface area contributed by atoms with Crippen molar-refractivity contribution < 1.29 is 23.7 Å². The largest absolute Gasteiger partial charge is 0.496 e. The molecule has 0 heterocycles. The molecule has 0 spiro atoms. The lowest BCUT2D eigenvalue weighted by Crippen LogP contribution is -2.24. The Morgan fingerprint density at radius 3 is 2.06 bits per heavy atom. The van der Waals surface area contributed by atoms with Gasteiger partial charge in [-0.25, -0.2) is 5.43 Å². The minimum absolute atomic E-state index is 0.198. The van der Waals surface area contributed by atoms with Gasteiger partial charge in [0, 0.05) is 11.6 Å². The Labute approximate surface area is 192 Å². The van der Waals surface area contributed by atoms with Gasteiger partial charge >= 0.3 is 0 Å². The fraction of sp³-hybridized carbons (Fsp3) is 0.160. The molecule has 0 saturated heterocycles. The van der Waals surface area contributed by atoms with E-state index in [-0.39, 0.29) is 6.61 Å². The highest BCUT2D eigenvalue weighted by atomic mass is 16.5. The van der Waals surface area contributed by atoms with Crippen molar-refractivity contribution in [1.29, 1.82) is 5.26 Å². The summed E-state index contributed by atoms with van der Waals surface area (Å²) in [7, 11) is 4.59. The molecular weight excluding hydrogens is 422 g/mol. The fourth-order valence-corrected chi connectivity index (χ4v) is 2.99. The zero-order valence-electron chi connectivity index (χ0n) is 18.5. The van der Waals surface area contributed by atoms with Crippen molar-refractivity contribution in [2.75, 3.05) is 27.9 Å². The molecule has 1 N–H and O–H groups in total. The van der Waals surface area contributed by atoms with E-state index >= 15 is 0 Å². The number of benzene rings is 3. The Kier molecular flexibility index (Phi) is 7.86. The fourth-order valence-electron chi connectivity index (χ4n) is 2.99. The van der Waals surface area contributed by atoms with Crippen LogP contribution in [0.4, 0.5) is 0 Å². The van der Waals surface area contributed by atoms with Gasteiger partial charge < -0.3 is 18.9 Å². The zero-order chi connectivity index (χ0) is 23.6. The maximum atomic E-state index is 12.1. The van der Waals surface area contributed by atoms with Crippen molar-refractivity contribution >= 4 is 12.1 Å². The van der Waals surface area contributed by atoms with E-state index in [9.17, 15) is 4.79 Å². The summed E-state index contributed by atoms with van der Waals surface area (Å²) < 4.78 is 21.4. The molecule has 0 aromatic heterocycles. The minimum atomic E-state index is -0.415. The van der Waals surface area contributed by atoms with Gasteiger partial charge in [0.2, 0.25) is 0 Å². The molecule has 0 atom stereocenters. The van der Waals surface area contributed by atoms with Crippen molar-refractivity contribution in [3.8, 4) is 40.2 Å². The molecule has 0 aliphatic heterocycles. The highest BCUT2D eigenvalue weighted by Gasteiger charge is 2.10. The van der Waals surface area contributed by atoms with Crippen molar-refractivity contribution in [3.63, 3.8) is 0 Å². The van der Waals surface area contributed by atoms with E-state index in [1.165, 1.54) is 27.5 Å². The number of amides is 1. The Hall–Kier alpha value is -4.51. The lowest BCUT2D eigenvalue weighted by atomic mass is 10.0. The average Bonchev–Trinajstić information content (AvgIpc) is 2.87. The third-order valence-corrected chi connectivity index (χ3v) is 4.70. The predicted molar refractivity (Wildman–Crippen MR) is 124 cm³/mol. The SMILES string of the molecule is COc1cc(OC)c(OC)cc1/C=N/NC(=O)COc1ccc(-c2ccc(C#N)cc2)cc1. The topological polar surface area (TPSA) is 102 Å². The first-order valence-electron chi connectivity index (χ1n) is 9.93. The number of carbonyl (C=O) groups excluding carboxylic acids is 1. The molecule has 3 aromatic carbocycles. The van der Waals surface area contributed by atoms with Crippen molar-refractivity contribution in [2.45, 2.75) is 0 Å².